The SMILES string of the molecule is CC(C)C[n+]1c(O)c(C(=O)NC2CC2)c(=O)n2[nH]cc(/C=C/C(=O)N3CCC[C@H](CO)C3)c21. The topological polar surface area (TPSA) is 131 Å². The van der Waals surface area contributed by atoms with Crippen molar-refractivity contribution in [2.75, 3.05) is 19.7 Å². The number of hydrogen-bond acceptors (Lipinski definition) is 5. The van der Waals surface area contributed by atoms with Gasteiger partial charge in [0.05, 0.1) is 18.3 Å². The number of carbonyl (C=O) groups is 2. The zero-order chi connectivity index (χ0) is 23.7. The van der Waals surface area contributed by atoms with Gasteiger partial charge in [0.25, 0.3) is 5.91 Å². The molecule has 0 unspecified atom stereocenters. The van der Waals surface area contributed by atoms with Crippen molar-refractivity contribution < 1.29 is 24.4 Å². The summed E-state index contributed by atoms with van der Waals surface area (Å²) in [5, 5.41) is 26.0. The lowest BCUT2D eigenvalue weighted by atomic mass is 9.99. The van der Waals surface area contributed by atoms with Crippen LogP contribution in [0.25, 0.3) is 11.7 Å². The maximum Gasteiger partial charge on any atom is 0.378 e. The third-order valence-corrected chi connectivity index (χ3v) is 6.15. The van der Waals surface area contributed by atoms with Crippen molar-refractivity contribution >= 4 is 23.5 Å². The molecule has 10 heteroatoms. The molecule has 1 saturated carbocycles. The van der Waals surface area contributed by atoms with Gasteiger partial charge in [-0.2, -0.15) is 4.57 Å². The van der Waals surface area contributed by atoms with Gasteiger partial charge in [0.1, 0.15) is 0 Å². The van der Waals surface area contributed by atoms with Crippen LogP contribution in [-0.4, -0.2) is 62.3 Å². The molecule has 1 atom stereocenters. The molecule has 0 aromatic carbocycles. The van der Waals surface area contributed by atoms with Crippen molar-refractivity contribution in [1.82, 2.24) is 19.8 Å². The predicted octanol–water partition coefficient (Wildman–Crippen LogP) is 0.413. The number of likely N-dealkylation sites (tertiary alicyclic amines) is 1. The second-order valence-corrected chi connectivity index (χ2v) is 9.45. The van der Waals surface area contributed by atoms with Crippen LogP contribution in [0.4, 0.5) is 0 Å². The first-order valence-electron chi connectivity index (χ1n) is 11.6. The van der Waals surface area contributed by atoms with Crippen LogP contribution in [0.15, 0.2) is 17.1 Å². The lowest BCUT2D eigenvalue weighted by molar-refractivity contribution is -0.686. The number of rotatable bonds is 7. The molecular weight excluding hydrogens is 426 g/mol. The maximum atomic E-state index is 13.1. The summed E-state index contributed by atoms with van der Waals surface area (Å²) in [4.78, 5) is 40.2. The fourth-order valence-electron chi connectivity index (χ4n) is 4.29. The molecular formula is C23H32N5O5+. The highest BCUT2D eigenvalue weighted by Gasteiger charge is 2.34. The van der Waals surface area contributed by atoms with Crippen molar-refractivity contribution in [3.63, 3.8) is 0 Å². The van der Waals surface area contributed by atoms with Crippen LogP contribution in [0.5, 0.6) is 5.88 Å². The van der Waals surface area contributed by atoms with E-state index in [0.717, 1.165) is 25.7 Å². The summed E-state index contributed by atoms with van der Waals surface area (Å²) in [5.41, 5.74) is -0.0170. The highest BCUT2D eigenvalue weighted by atomic mass is 16.3. The molecule has 3 heterocycles. The summed E-state index contributed by atoms with van der Waals surface area (Å²) in [7, 11) is 0. The molecule has 178 valence electrons. The molecule has 2 aromatic rings. The molecule has 2 fully saturated rings. The Balaban J connectivity index is 1.71. The zero-order valence-electron chi connectivity index (χ0n) is 19.1. The van der Waals surface area contributed by atoms with E-state index in [4.69, 9.17) is 0 Å². The van der Waals surface area contributed by atoms with E-state index in [-0.39, 0.29) is 41.8 Å². The average Bonchev–Trinajstić information content (AvgIpc) is 3.50. The number of amides is 2. The summed E-state index contributed by atoms with van der Waals surface area (Å²) in [5.74, 6) is -0.923. The summed E-state index contributed by atoms with van der Waals surface area (Å²) in [6.07, 6.45) is 8.11. The molecule has 4 rings (SSSR count). The zero-order valence-corrected chi connectivity index (χ0v) is 19.1. The first-order valence-corrected chi connectivity index (χ1v) is 11.6. The van der Waals surface area contributed by atoms with Crippen molar-refractivity contribution in [3.8, 4) is 5.88 Å². The molecule has 0 bridgehead atoms. The molecule has 2 aliphatic rings. The van der Waals surface area contributed by atoms with E-state index in [1.165, 1.54) is 15.2 Å². The first kappa shape index (κ1) is 23.0. The Hall–Kier alpha value is -3.14. The minimum atomic E-state index is -0.645. The van der Waals surface area contributed by atoms with Gasteiger partial charge in [0.15, 0.2) is 0 Å². The number of piperidine rings is 1. The number of fused-ring (bicyclic) bond motifs is 1. The van der Waals surface area contributed by atoms with Crippen LogP contribution in [0, 0.1) is 11.8 Å². The van der Waals surface area contributed by atoms with Gasteiger partial charge in [-0.1, -0.05) is 18.4 Å². The quantitative estimate of drug-likeness (QED) is 0.353. The van der Waals surface area contributed by atoms with Crippen molar-refractivity contribution in [3.05, 3.63) is 33.8 Å². The maximum absolute atomic E-state index is 13.1. The van der Waals surface area contributed by atoms with E-state index in [0.29, 0.717) is 30.8 Å². The van der Waals surface area contributed by atoms with Crippen LogP contribution in [0.3, 0.4) is 0 Å². The normalized spacial score (nSPS) is 19.0. The van der Waals surface area contributed by atoms with Gasteiger partial charge in [-0.15, -0.1) is 0 Å². The van der Waals surface area contributed by atoms with Crippen LogP contribution in [-0.2, 0) is 11.3 Å². The van der Waals surface area contributed by atoms with Crippen LogP contribution in [0.1, 0.15) is 55.5 Å². The number of aliphatic hydroxyl groups excluding tert-OH is 1. The smallest absolute Gasteiger partial charge is 0.378 e. The Labute approximate surface area is 191 Å². The minimum Gasteiger partial charge on any atom is -0.477 e. The lowest BCUT2D eigenvalue weighted by Crippen LogP contribution is -2.46. The number of aromatic nitrogens is 3. The molecule has 2 aromatic heterocycles. The number of nitrogens with one attached hydrogen (secondary N) is 2. The standard InChI is InChI=1S/C23H31N5O5/c1-14(2)11-27-21-16(5-8-18(30)26-9-3-4-15(12-26)13-29)10-24-28(21)23(33)19(22(27)32)20(31)25-17-6-7-17/h5,8,10,14-15,17,29H,3-4,6-7,9,11-13H2,1-2H3,(H2,25,31,32,33)/p+1/b8-5+/t15-/m0/s1. The van der Waals surface area contributed by atoms with Crippen molar-refractivity contribution in [2.24, 2.45) is 11.8 Å². The van der Waals surface area contributed by atoms with Crippen LogP contribution < -0.4 is 15.4 Å². The van der Waals surface area contributed by atoms with Gasteiger partial charge in [-0.25, -0.2) is 9.89 Å². The summed E-state index contributed by atoms with van der Waals surface area (Å²) in [6, 6.07) is 0.0453. The summed E-state index contributed by atoms with van der Waals surface area (Å²) < 4.78 is 2.77. The Kier molecular flexibility index (Phi) is 6.55. The Morgan fingerprint density at radius 3 is 2.76 bits per heavy atom. The van der Waals surface area contributed by atoms with E-state index in [9.17, 15) is 24.6 Å². The Morgan fingerprint density at radius 2 is 2.09 bits per heavy atom. The fraction of sp³-hybridized carbons (Fsp3) is 0.565. The second-order valence-electron chi connectivity index (χ2n) is 9.45. The van der Waals surface area contributed by atoms with Gasteiger partial charge in [0.2, 0.25) is 11.5 Å². The second kappa shape index (κ2) is 9.38. The third kappa shape index (κ3) is 4.80. The largest absolute Gasteiger partial charge is 0.477 e. The number of aromatic hydroxyl groups is 1. The number of aliphatic hydroxyl groups is 1. The van der Waals surface area contributed by atoms with Crippen LogP contribution in [0.2, 0.25) is 0 Å². The highest BCUT2D eigenvalue weighted by Crippen LogP contribution is 2.21. The molecule has 1 saturated heterocycles. The number of H-pyrrole nitrogens is 1. The predicted molar refractivity (Wildman–Crippen MR) is 121 cm³/mol. The Morgan fingerprint density at radius 1 is 1.33 bits per heavy atom. The number of aromatic amines is 1. The van der Waals surface area contributed by atoms with Crippen molar-refractivity contribution in [1.29, 1.82) is 0 Å². The summed E-state index contributed by atoms with van der Waals surface area (Å²) >= 11 is 0. The molecule has 4 N–H and O–H groups in total. The van der Waals surface area contributed by atoms with E-state index in [2.05, 4.69) is 10.4 Å². The molecule has 0 spiro atoms. The Bertz CT molecular complexity index is 1140. The van der Waals surface area contributed by atoms with Crippen LogP contribution >= 0.6 is 0 Å². The highest BCUT2D eigenvalue weighted by molar-refractivity contribution is 5.96. The molecule has 2 amide bonds. The lowest BCUT2D eigenvalue weighted by Gasteiger charge is -2.31. The van der Waals surface area contributed by atoms with E-state index in [1.807, 2.05) is 13.8 Å². The monoisotopic (exact) mass is 458 g/mol. The number of hydrogen-bond donors (Lipinski definition) is 4. The van der Waals surface area contributed by atoms with Gasteiger partial charge in [-0.3, -0.25) is 9.59 Å². The average molecular weight is 459 g/mol. The molecule has 1 aliphatic carbocycles. The number of carbonyl (C=O) groups excluding carboxylic acids is 2. The fourth-order valence-corrected chi connectivity index (χ4v) is 4.29. The minimum absolute atomic E-state index is 0.0453. The van der Waals surface area contributed by atoms with E-state index < -0.39 is 11.5 Å². The van der Waals surface area contributed by atoms with Gasteiger partial charge in [-0.05, 0) is 43.6 Å². The third-order valence-electron chi connectivity index (χ3n) is 6.15. The van der Waals surface area contributed by atoms with Gasteiger partial charge in [0, 0.05) is 31.8 Å². The van der Waals surface area contributed by atoms with Gasteiger partial charge >= 0.3 is 17.1 Å². The van der Waals surface area contributed by atoms with E-state index >= 15 is 0 Å². The molecule has 33 heavy (non-hydrogen) atoms. The van der Waals surface area contributed by atoms with Gasteiger partial charge < -0.3 is 20.4 Å². The first-order chi connectivity index (χ1) is 15.8. The van der Waals surface area contributed by atoms with Crippen molar-refractivity contribution in [2.45, 2.75) is 52.1 Å². The summed E-state index contributed by atoms with van der Waals surface area (Å²) in [6.45, 7) is 5.52. The van der Waals surface area contributed by atoms with E-state index in [1.54, 1.807) is 17.2 Å². The molecule has 1 aliphatic heterocycles. The molecule has 0 radical (unpaired) electrons. The molecule has 10 nitrogen and oxygen atoms in total. The number of nitrogens with zero attached hydrogens (tertiary/aromatic N) is 3.